The summed E-state index contributed by atoms with van der Waals surface area (Å²) in [5.74, 6) is -2.40. The Bertz CT molecular complexity index is 751. The minimum absolute atomic E-state index is 0.00861. The van der Waals surface area contributed by atoms with Gasteiger partial charge in [-0.3, -0.25) is 4.79 Å². The molecule has 120 valence electrons. The zero-order valence-electron chi connectivity index (χ0n) is 12.0. The lowest BCUT2D eigenvalue weighted by Crippen LogP contribution is -2.30. The first kappa shape index (κ1) is 17.0. The Balaban J connectivity index is 2.05. The minimum Gasteiger partial charge on any atom is -0.507 e. The van der Waals surface area contributed by atoms with Crippen LogP contribution in [0.4, 0.5) is 10.1 Å². The van der Waals surface area contributed by atoms with Gasteiger partial charge in [0.15, 0.2) is 6.10 Å². The normalized spacial score (nSPS) is 11.6. The SMILES string of the molecule is C[C@H](OC(=O)c1cc(Br)ccc1O)C(=O)Nc1ccccc1F. The van der Waals surface area contributed by atoms with Gasteiger partial charge in [0.25, 0.3) is 5.91 Å². The standard InChI is InChI=1S/C16H13BrFNO4/c1-9(15(21)19-13-5-3-2-4-12(13)18)23-16(22)11-8-10(17)6-7-14(11)20/h2-9,20H,1H3,(H,19,21)/t9-/m0/s1. The third-order valence-electron chi connectivity index (χ3n) is 2.96. The van der Waals surface area contributed by atoms with Gasteiger partial charge in [-0.2, -0.15) is 0 Å². The molecule has 7 heteroatoms. The van der Waals surface area contributed by atoms with E-state index in [4.69, 9.17) is 4.74 Å². The fraction of sp³-hybridized carbons (Fsp3) is 0.125. The number of carbonyl (C=O) groups excluding carboxylic acids is 2. The molecule has 2 rings (SSSR count). The molecule has 0 aliphatic carbocycles. The maximum absolute atomic E-state index is 13.5. The highest BCUT2D eigenvalue weighted by Gasteiger charge is 2.21. The van der Waals surface area contributed by atoms with Crippen molar-refractivity contribution in [2.45, 2.75) is 13.0 Å². The maximum atomic E-state index is 13.5. The smallest absolute Gasteiger partial charge is 0.342 e. The Kier molecular flexibility index (Phi) is 5.33. The molecular weight excluding hydrogens is 369 g/mol. The van der Waals surface area contributed by atoms with Crippen LogP contribution in [0.5, 0.6) is 5.75 Å². The molecule has 0 spiro atoms. The van der Waals surface area contributed by atoms with Gasteiger partial charge in [0.1, 0.15) is 17.1 Å². The lowest BCUT2D eigenvalue weighted by atomic mass is 10.2. The average Bonchev–Trinajstić information content (AvgIpc) is 2.51. The van der Waals surface area contributed by atoms with E-state index < -0.39 is 23.8 Å². The van der Waals surface area contributed by atoms with Crippen molar-refractivity contribution in [3.63, 3.8) is 0 Å². The third-order valence-corrected chi connectivity index (χ3v) is 3.46. The summed E-state index contributed by atoms with van der Waals surface area (Å²) in [6, 6.07) is 9.90. The molecule has 2 N–H and O–H groups in total. The Morgan fingerprint density at radius 1 is 1.26 bits per heavy atom. The summed E-state index contributed by atoms with van der Waals surface area (Å²) >= 11 is 3.17. The number of rotatable bonds is 4. The maximum Gasteiger partial charge on any atom is 0.342 e. The summed E-state index contributed by atoms with van der Waals surface area (Å²) in [7, 11) is 0. The van der Waals surface area contributed by atoms with Gasteiger partial charge in [-0.25, -0.2) is 9.18 Å². The van der Waals surface area contributed by atoms with Gasteiger partial charge in [-0.05, 0) is 37.3 Å². The molecule has 0 bridgehead atoms. The number of phenols is 1. The number of hydrogen-bond donors (Lipinski definition) is 2. The minimum atomic E-state index is -1.17. The van der Waals surface area contributed by atoms with Gasteiger partial charge < -0.3 is 15.2 Å². The molecule has 0 saturated heterocycles. The van der Waals surface area contributed by atoms with Crippen LogP contribution in [0.1, 0.15) is 17.3 Å². The molecule has 0 aliphatic rings. The van der Waals surface area contributed by atoms with Gasteiger partial charge in [0, 0.05) is 4.47 Å². The van der Waals surface area contributed by atoms with Crippen LogP contribution < -0.4 is 5.32 Å². The van der Waals surface area contributed by atoms with Gasteiger partial charge >= 0.3 is 5.97 Å². The third kappa shape index (κ3) is 4.29. The number of benzene rings is 2. The van der Waals surface area contributed by atoms with E-state index in [2.05, 4.69) is 21.2 Å². The number of nitrogens with one attached hydrogen (secondary N) is 1. The second-order valence-electron chi connectivity index (χ2n) is 4.68. The summed E-state index contributed by atoms with van der Waals surface area (Å²) in [4.78, 5) is 24.0. The predicted octanol–water partition coefficient (Wildman–Crippen LogP) is 3.48. The van der Waals surface area contributed by atoms with Crippen molar-refractivity contribution in [3.05, 3.63) is 58.3 Å². The second-order valence-corrected chi connectivity index (χ2v) is 5.59. The van der Waals surface area contributed by atoms with Crippen LogP contribution in [-0.4, -0.2) is 23.1 Å². The zero-order chi connectivity index (χ0) is 17.0. The van der Waals surface area contributed by atoms with Crippen molar-refractivity contribution in [2.75, 3.05) is 5.32 Å². The first-order valence-corrected chi connectivity index (χ1v) is 7.42. The topological polar surface area (TPSA) is 75.6 Å². The fourth-order valence-corrected chi connectivity index (χ4v) is 2.11. The molecule has 0 saturated carbocycles. The largest absolute Gasteiger partial charge is 0.507 e. The van der Waals surface area contributed by atoms with Crippen molar-refractivity contribution >= 4 is 33.5 Å². The first-order valence-electron chi connectivity index (χ1n) is 6.63. The van der Waals surface area contributed by atoms with E-state index in [9.17, 15) is 19.1 Å². The number of amides is 1. The Hall–Kier alpha value is -2.41. The van der Waals surface area contributed by atoms with E-state index in [1.807, 2.05) is 0 Å². The number of hydrogen-bond acceptors (Lipinski definition) is 4. The number of phenolic OH excluding ortho intramolecular Hbond substituents is 1. The first-order chi connectivity index (χ1) is 10.9. The number of ether oxygens (including phenoxy) is 1. The number of aromatic hydroxyl groups is 1. The van der Waals surface area contributed by atoms with Crippen molar-refractivity contribution in [2.24, 2.45) is 0 Å². The van der Waals surface area contributed by atoms with Crippen LogP contribution in [0.25, 0.3) is 0 Å². The van der Waals surface area contributed by atoms with Gasteiger partial charge in [-0.15, -0.1) is 0 Å². The monoisotopic (exact) mass is 381 g/mol. The number of anilines is 1. The quantitative estimate of drug-likeness (QED) is 0.794. The van der Waals surface area contributed by atoms with Crippen LogP contribution in [0.3, 0.4) is 0 Å². The second kappa shape index (κ2) is 7.23. The number of esters is 1. The van der Waals surface area contributed by atoms with Gasteiger partial charge in [-0.1, -0.05) is 28.1 Å². The van der Waals surface area contributed by atoms with Crippen LogP contribution >= 0.6 is 15.9 Å². The number of para-hydroxylation sites is 1. The molecule has 2 aromatic carbocycles. The predicted molar refractivity (Wildman–Crippen MR) is 85.7 cm³/mol. The van der Waals surface area contributed by atoms with Crippen molar-refractivity contribution in [1.29, 1.82) is 0 Å². The molecule has 0 heterocycles. The number of carbonyl (C=O) groups is 2. The van der Waals surface area contributed by atoms with E-state index in [0.717, 1.165) is 0 Å². The van der Waals surface area contributed by atoms with Crippen LogP contribution in [0.15, 0.2) is 46.9 Å². The molecule has 0 aliphatic heterocycles. The molecule has 1 atom stereocenters. The molecule has 1 amide bonds. The van der Waals surface area contributed by atoms with Crippen LogP contribution in [0.2, 0.25) is 0 Å². The van der Waals surface area contributed by atoms with Crippen LogP contribution in [0, 0.1) is 5.82 Å². The molecule has 2 aromatic rings. The van der Waals surface area contributed by atoms with Gasteiger partial charge in [0.05, 0.1) is 5.69 Å². The summed E-state index contributed by atoms with van der Waals surface area (Å²) in [5, 5.41) is 12.0. The summed E-state index contributed by atoms with van der Waals surface area (Å²) in [6.45, 7) is 1.35. The summed E-state index contributed by atoms with van der Waals surface area (Å²) in [5.41, 5.74) is -0.0874. The summed E-state index contributed by atoms with van der Waals surface area (Å²) in [6.07, 6.45) is -1.17. The van der Waals surface area contributed by atoms with Gasteiger partial charge in [0.2, 0.25) is 0 Å². The van der Waals surface area contributed by atoms with E-state index in [1.165, 1.54) is 37.3 Å². The Morgan fingerprint density at radius 3 is 2.65 bits per heavy atom. The molecule has 0 aromatic heterocycles. The molecule has 0 unspecified atom stereocenters. The molecule has 0 fully saturated rings. The van der Waals surface area contributed by atoms with E-state index in [1.54, 1.807) is 12.1 Å². The Morgan fingerprint density at radius 2 is 1.96 bits per heavy atom. The Labute approximate surface area is 140 Å². The molecule has 23 heavy (non-hydrogen) atoms. The van der Waals surface area contributed by atoms with Crippen molar-refractivity contribution in [3.8, 4) is 5.75 Å². The van der Waals surface area contributed by atoms with Crippen molar-refractivity contribution < 1.29 is 23.8 Å². The highest BCUT2D eigenvalue weighted by molar-refractivity contribution is 9.10. The molecule has 5 nitrogen and oxygen atoms in total. The van der Waals surface area contributed by atoms with E-state index >= 15 is 0 Å². The van der Waals surface area contributed by atoms with Crippen LogP contribution in [-0.2, 0) is 9.53 Å². The van der Waals surface area contributed by atoms with Crippen molar-refractivity contribution in [1.82, 2.24) is 0 Å². The fourth-order valence-electron chi connectivity index (χ4n) is 1.75. The van der Waals surface area contributed by atoms with E-state index in [-0.39, 0.29) is 17.0 Å². The molecule has 0 radical (unpaired) electrons. The highest BCUT2D eigenvalue weighted by atomic mass is 79.9. The lowest BCUT2D eigenvalue weighted by molar-refractivity contribution is -0.123. The van der Waals surface area contributed by atoms with E-state index in [0.29, 0.717) is 4.47 Å². The number of halogens is 2. The zero-order valence-corrected chi connectivity index (χ0v) is 13.6. The lowest BCUT2D eigenvalue weighted by Gasteiger charge is -2.14. The summed E-state index contributed by atoms with van der Waals surface area (Å²) < 4.78 is 19.0. The highest BCUT2D eigenvalue weighted by Crippen LogP contribution is 2.23. The molecular formula is C16H13BrFNO4. The average molecular weight is 382 g/mol.